The number of fused-ring (bicyclic) bond motifs is 1. The summed E-state index contributed by atoms with van der Waals surface area (Å²) in [4.78, 5) is 35.4. The van der Waals surface area contributed by atoms with E-state index in [0.29, 0.717) is 48.1 Å². The predicted molar refractivity (Wildman–Crippen MR) is 105 cm³/mol. The lowest BCUT2D eigenvalue weighted by Crippen LogP contribution is -2.16. The van der Waals surface area contributed by atoms with Crippen LogP contribution in [0.2, 0.25) is 0 Å². The van der Waals surface area contributed by atoms with Gasteiger partial charge in [-0.15, -0.1) is 0 Å². The van der Waals surface area contributed by atoms with Gasteiger partial charge in [-0.05, 0) is 48.9 Å². The maximum Gasteiger partial charge on any atom is 0.224 e. The fourth-order valence-corrected chi connectivity index (χ4v) is 2.83. The van der Waals surface area contributed by atoms with Crippen molar-refractivity contribution in [3.05, 3.63) is 48.0 Å². The fourth-order valence-electron chi connectivity index (χ4n) is 2.83. The van der Waals surface area contributed by atoms with Gasteiger partial charge in [0, 0.05) is 36.7 Å². The fraction of sp³-hybridized carbons (Fsp3) is 0.286. The van der Waals surface area contributed by atoms with Crippen molar-refractivity contribution in [2.75, 3.05) is 23.8 Å². The van der Waals surface area contributed by atoms with Crippen molar-refractivity contribution in [3.63, 3.8) is 0 Å². The molecule has 1 heterocycles. The minimum Gasteiger partial charge on any atom is -0.486 e. The standard InChI is InChI=1S/C21H22N2O5/c1-14(24)22-16-6-8-17(9-7-16)23-21(26)4-2-3-18(25)15-5-10-19-20(13-15)28-12-11-27-19/h5-10,13H,2-4,11-12H2,1H3,(H,22,24)(H,23,26). The minimum absolute atomic E-state index is 0.0376. The van der Waals surface area contributed by atoms with Gasteiger partial charge >= 0.3 is 0 Å². The van der Waals surface area contributed by atoms with Crippen molar-refractivity contribution in [2.45, 2.75) is 26.2 Å². The number of amides is 2. The summed E-state index contributed by atoms with van der Waals surface area (Å²) in [5.41, 5.74) is 1.85. The molecule has 0 bridgehead atoms. The Bertz CT molecular complexity index is 877. The van der Waals surface area contributed by atoms with Gasteiger partial charge in [0.1, 0.15) is 13.2 Å². The van der Waals surface area contributed by atoms with Gasteiger partial charge in [-0.3, -0.25) is 14.4 Å². The number of carbonyl (C=O) groups is 3. The molecule has 1 aliphatic heterocycles. The number of ether oxygens (including phenoxy) is 2. The first-order valence-electron chi connectivity index (χ1n) is 9.11. The van der Waals surface area contributed by atoms with Crippen molar-refractivity contribution in [2.24, 2.45) is 0 Å². The third kappa shape index (κ3) is 5.33. The van der Waals surface area contributed by atoms with Crippen LogP contribution >= 0.6 is 0 Å². The molecule has 1 aliphatic rings. The second-order valence-corrected chi connectivity index (χ2v) is 6.44. The Morgan fingerprint density at radius 3 is 2.18 bits per heavy atom. The molecule has 0 aromatic heterocycles. The zero-order valence-electron chi connectivity index (χ0n) is 15.6. The van der Waals surface area contributed by atoms with E-state index < -0.39 is 0 Å². The summed E-state index contributed by atoms with van der Waals surface area (Å²) < 4.78 is 10.9. The smallest absolute Gasteiger partial charge is 0.224 e. The number of carbonyl (C=O) groups excluding carboxylic acids is 3. The highest BCUT2D eigenvalue weighted by atomic mass is 16.6. The zero-order valence-corrected chi connectivity index (χ0v) is 15.6. The summed E-state index contributed by atoms with van der Waals surface area (Å²) in [6.45, 7) is 2.41. The van der Waals surface area contributed by atoms with Crippen molar-refractivity contribution >= 4 is 29.0 Å². The number of nitrogens with one attached hydrogen (secondary N) is 2. The molecule has 0 unspecified atom stereocenters. The molecule has 28 heavy (non-hydrogen) atoms. The van der Waals surface area contributed by atoms with Gasteiger partial charge in [0.15, 0.2) is 17.3 Å². The van der Waals surface area contributed by atoms with Gasteiger partial charge in [0.2, 0.25) is 11.8 Å². The van der Waals surface area contributed by atoms with E-state index >= 15 is 0 Å². The van der Waals surface area contributed by atoms with Crippen LogP contribution in [0.4, 0.5) is 11.4 Å². The molecule has 7 nitrogen and oxygen atoms in total. The van der Waals surface area contributed by atoms with Crippen molar-refractivity contribution in [1.29, 1.82) is 0 Å². The molecule has 2 N–H and O–H groups in total. The van der Waals surface area contributed by atoms with Gasteiger partial charge in [-0.1, -0.05) is 0 Å². The topological polar surface area (TPSA) is 93.7 Å². The summed E-state index contributed by atoms with van der Waals surface area (Å²) in [6.07, 6.45) is 0.960. The number of hydrogen-bond donors (Lipinski definition) is 2. The molecule has 7 heteroatoms. The monoisotopic (exact) mass is 382 g/mol. The molecule has 0 radical (unpaired) electrons. The minimum atomic E-state index is -0.165. The average Bonchev–Trinajstić information content (AvgIpc) is 2.68. The second kappa shape index (κ2) is 9.03. The van der Waals surface area contributed by atoms with Gasteiger partial charge in [-0.25, -0.2) is 0 Å². The second-order valence-electron chi connectivity index (χ2n) is 6.44. The molecule has 0 fully saturated rings. The summed E-state index contributed by atoms with van der Waals surface area (Å²) in [6, 6.07) is 12.0. The summed E-state index contributed by atoms with van der Waals surface area (Å²) in [5, 5.41) is 5.44. The van der Waals surface area contributed by atoms with Gasteiger partial charge in [-0.2, -0.15) is 0 Å². The number of benzene rings is 2. The molecular formula is C21H22N2O5. The Balaban J connectivity index is 1.44. The number of hydrogen-bond acceptors (Lipinski definition) is 5. The van der Waals surface area contributed by atoms with Crippen LogP contribution < -0.4 is 20.1 Å². The number of ketones is 1. The lowest BCUT2D eigenvalue weighted by molar-refractivity contribution is -0.116. The van der Waals surface area contributed by atoms with E-state index in [-0.39, 0.29) is 30.4 Å². The van der Waals surface area contributed by atoms with Crippen LogP contribution in [-0.4, -0.2) is 30.8 Å². The third-order valence-electron chi connectivity index (χ3n) is 4.16. The van der Waals surface area contributed by atoms with Gasteiger partial charge < -0.3 is 20.1 Å². The quantitative estimate of drug-likeness (QED) is 0.716. The lowest BCUT2D eigenvalue weighted by atomic mass is 10.0. The van der Waals surface area contributed by atoms with Crippen molar-refractivity contribution < 1.29 is 23.9 Å². The average molecular weight is 382 g/mol. The largest absolute Gasteiger partial charge is 0.486 e. The highest BCUT2D eigenvalue weighted by Gasteiger charge is 2.15. The van der Waals surface area contributed by atoms with Gasteiger partial charge in [0.05, 0.1) is 0 Å². The van der Waals surface area contributed by atoms with E-state index in [1.54, 1.807) is 42.5 Å². The molecule has 0 saturated heterocycles. The number of Topliss-reactive ketones (excluding diaryl/α,β-unsaturated/α-hetero) is 1. The third-order valence-corrected chi connectivity index (χ3v) is 4.16. The molecule has 2 aromatic carbocycles. The van der Waals surface area contributed by atoms with E-state index in [4.69, 9.17) is 9.47 Å². The van der Waals surface area contributed by atoms with Crippen LogP contribution in [0.15, 0.2) is 42.5 Å². The molecule has 0 spiro atoms. The van der Waals surface area contributed by atoms with Crippen molar-refractivity contribution in [3.8, 4) is 11.5 Å². The summed E-state index contributed by atoms with van der Waals surface area (Å²) in [7, 11) is 0. The van der Waals surface area contributed by atoms with Crippen molar-refractivity contribution in [1.82, 2.24) is 0 Å². The Hall–Kier alpha value is -3.35. The SMILES string of the molecule is CC(=O)Nc1ccc(NC(=O)CCCC(=O)c2ccc3c(c2)OCCO3)cc1. The molecule has 2 aromatic rings. The van der Waals surface area contributed by atoms with E-state index in [1.807, 2.05) is 0 Å². The van der Waals surface area contributed by atoms with Crippen LogP contribution in [0.5, 0.6) is 11.5 Å². The highest BCUT2D eigenvalue weighted by molar-refractivity contribution is 5.97. The first kappa shape index (κ1) is 19.4. The Labute approximate surface area is 163 Å². The first-order valence-corrected chi connectivity index (χ1v) is 9.11. The number of anilines is 2. The molecule has 0 atom stereocenters. The van der Waals surface area contributed by atoms with E-state index in [2.05, 4.69) is 10.6 Å². The van der Waals surface area contributed by atoms with E-state index in [9.17, 15) is 14.4 Å². The van der Waals surface area contributed by atoms with Crippen LogP contribution in [0.1, 0.15) is 36.5 Å². The molecule has 2 amide bonds. The Morgan fingerprint density at radius 2 is 1.50 bits per heavy atom. The normalized spacial score (nSPS) is 12.2. The number of rotatable bonds is 7. The van der Waals surface area contributed by atoms with E-state index in [1.165, 1.54) is 6.92 Å². The molecule has 3 rings (SSSR count). The maximum absolute atomic E-state index is 12.3. The molecular weight excluding hydrogens is 360 g/mol. The Morgan fingerprint density at radius 1 is 0.857 bits per heavy atom. The summed E-state index contributed by atoms with van der Waals surface area (Å²) in [5.74, 6) is 0.871. The van der Waals surface area contributed by atoms with Crippen LogP contribution in [0.25, 0.3) is 0 Å². The predicted octanol–water partition coefficient (Wildman–Crippen LogP) is 3.41. The maximum atomic E-state index is 12.3. The lowest BCUT2D eigenvalue weighted by Gasteiger charge is -2.18. The summed E-state index contributed by atoms with van der Waals surface area (Å²) >= 11 is 0. The van der Waals surface area contributed by atoms with Crippen LogP contribution in [0, 0.1) is 0 Å². The first-order chi connectivity index (χ1) is 13.5. The Kier molecular flexibility index (Phi) is 6.26. The molecule has 0 aliphatic carbocycles. The highest BCUT2D eigenvalue weighted by Crippen LogP contribution is 2.31. The molecule has 0 saturated carbocycles. The zero-order chi connectivity index (χ0) is 19.9. The van der Waals surface area contributed by atoms with Gasteiger partial charge in [0.25, 0.3) is 0 Å². The molecule has 146 valence electrons. The van der Waals surface area contributed by atoms with Crippen LogP contribution in [0.3, 0.4) is 0 Å². The van der Waals surface area contributed by atoms with E-state index in [0.717, 1.165) is 0 Å². The van der Waals surface area contributed by atoms with Crippen LogP contribution in [-0.2, 0) is 9.59 Å².